The number of nitrogens with zero attached hydrogens (tertiary/aromatic N) is 1. The first-order chi connectivity index (χ1) is 14.4. The minimum Gasteiger partial charge on any atom is -0.507 e. The maximum Gasteiger partial charge on any atom is 0.295 e. The van der Waals surface area contributed by atoms with Gasteiger partial charge in [-0.1, -0.05) is 24.9 Å². The lowest BCUT2D eigenvalue weighted by molar-refractivity contribution is -0.139. The highest BCUT2D eigenvalue weighted by atomic mass is 35.5. The molecule has 0 saturated carbocycles. The minimum absolute atomic E-state index is 0.0295. The Labute approximate surface area is 180 Å². The molecule has 6 nitrogen and oxygen atoms in total. The Morgan fingerprint density at radius 1 is 1.10 bits per heavy atom. The molecular formula is C23H24ClNO5. The van der Waals surface area contributed by atoms with Crippen molar-refractivity contribution in [3.8, 4) is 11.5 Å². The largest absolute Gasteiger partial charge is 0.507 e. The molecule has 0 spiro atoms. The summed E-state index contributed by atoms with van der Waals surface area (Å²) in [5.74, 6) is -0.557. The van der Waals surface area contributed by atoms with E-state index in [0.29, 0.717) is 34.2 Å². The molecule has 0 unspecified atom stereocenters. The van der Waals surface area contributed by atoms with Gasteiger partial charge in [0.05, 0.1) is 25.8 Å². The van der Waals surface area contributed by atoms with E-state index in [9.17, 15) is 14.7 Å². The number of benzene rings is 2. The van der Waals surface area contributed by atoms with Gasteiger partial charge in [0, 0.05) is 28.8 Å². The quantitative estimate of drug-likeness (QED) is 0.396. The van der Waals surface area contributed by atoms with Crippen LogP contribution in [0.25, 0.3) is 5.76 Å². The molecular weight excluding hydrogens is 406 g/mol. The van der Waals surface area contributed by atoms with Crippen LogP contribution in [0, 0.1) is 0 Å². The molecule has 1 heterocycles. The van der Waals surface area contributed by atoms with Crippen LogP contribution >= 0.6 is 11.6 Å². The number of carbonyl (C=O) groups excluding carboxylic acids is 2. The first kappa shape index (κ1) is 21.7. The summed E-state index contributed by atoms with van der Waals surface area (Å²) in [6, 6.07) is 10.9. The molecule has 7 heteroatoms. The Morgan fingerprint density at radius 2 is 1.80 bits per heavy atom. The lowest BCUT2D eigenvalue weighted by Crippen LogP contribution is -2.30. The van der Waals surface area contributed by atoms with Gasteiger partial charge in [-0.3, -0.25) is 9.59 Å². The van der Waals surface area contributed by atoms with Gasteiger partial charge in [-0.15, -0.1) is 0 Å². The van der Waals surface area contributed by atoms with Crippen LogP contribution in [-0.2, 0) is 9.59 Å². The molecule has 1 aliphatic heterocycles. The molecule has 0 radical (unpaired) electrons. The van der Waals surface area contributed by atoms with Crippen LogP contribution in [0.15, 0.2) is 48.0 Å². The van der Waals surface area contributed by atoms with Crippen molar-refractivity contribution in [2.24, 2.45) is 0 Å². The number of ketones is 1. The van der Waals surface area contributed by atoms with Crippen molar-refractivity contribution in [2.45, 2.75) is 25.8 Å². The van der Waals surface area contributed by atoms with Gasteiger partial charge < -0.3 is 19.5 Å². The third-order valence-corrected chi connectivity index (χ3v) is 5.40. The molecule has 158 valence electrons. The second-order valence-corrected chi connectivity index (χ2v) is 7.40. The van der Waals surface area contributed by atoms with E-state index in [4.69, 9.17) is 21.1 Å². The van der Waals surface area contributed by atoms with Crippen molar-refractivity contribution in [1.82, 2.24) is 4.90 Å². The van der Waals surface area contributed by atoms with Crippen LogP contribution in [-0.4, -0.2) is 42.5 Å². The molecule has 30 heavy (non-hydrogen) atoms. The number of unbranched alkanes of at least 4 members (excludes halogenated alkanes) is 1. The minimum atomic E-state index is -0.770. The highest BCUT2D eigenvalue weighted by Gasteiger charge is 2.46. The van der Waals surface area contributed by atoms with Crippen LogP contribution in [0.1, 0.15) is 36.9 Å². The van der Waals surface area contributed by atoms with Gasteiger partial charge in [0.2, 0.25) is 0 Å². The number of halogens is 1. The Morgan fingerprint density at radius 3 is 2.40 bits per heavy atom. The molecule has 0 aliphatic carbocycles. The lowest BCUT2D eigenvalue weighted by atomic mass is 9.94. The third-order valence-electron chi connectivity index (χ3n) is 5.15. The van der Waals surface area contributed by atoms with E-state index in [2.05, 4.69) is 0 Å². The van der Waals surface area contributed by atoms with Gasteiger partial charge in [0.25, 0.3) is 11.7 Å². The Hall–Kier alpha value is -2.99. The summed E-state index contributed by atoms with van der Waals surface area (Å²) in [6.07, 6.45) is 1.58. The molecule has 2 aromatic rings. The van der Waals surface area contributed by atoms with Gasteiger partial charge in [-0.05, 0) is 42.8 Å². The lowest BCUT2D eigenvalue weighted by Gasteiger charge is -2.26. The molecule has 0 bridgehead atoms. The zero-order valence-electron chi connectivity index (χ0n) is 17.1. The number of Topliss-reactive ketones (excluding diaryl/α,β-unsaturated/α-hetero) is 1. The first-order valence-corrected chi connectivity index (χ1v) is 10.1. The Balaban J connectivity index is 2.21. The van der Waals surface area contributed by atoms with Crippen molar-refractivity contribution in [1.29, 1.82) is 0 Å². The topological polar surface area (TPSA) is 76.1 Å². The number of ether oxygens (including phenoxy) is 2. The summed E-state index contributed by atoms with van der Waals surface area (Å²) < 4.78 is 10.8. The normalized spacial score (nSPS) is 18.0. The maximum absolute atomic E-state index is 13.0. The van der Waals surface area contributed by atoms with E-state index >= 15 is 0 Å². The first-order valence-electron chi connectivity index (χ1n) is 9.69. The smallest absolute Gasteiger partial charge is 0.295 e. The highest BCUT2D eigenvalue weighted by molar-refractivity contribution is 6.46. The van der Waals surface area contributed by atoms with Crippen molar-refractivity contribution in [2.75, 3.05) is 20.8 Å². The molecule has 0 aromatic heterocycles. The van der Waals surface area contributed by atoms with E-state index in [-0.39, 0.29) is 11.3 Å². The SMILES string of the molecule is CCCCN1C(=O)C(=O)C(=C(O)c2ccc(Cl)cc2)[C@H]1c1ccc(OC)cc1OC. The Bertz CT molecular complexity index is 984. The number of methoxy groups -OCH3 is 2. The van der Waals surface area contributed by atoms with Gasteiger partial charge in [0.1, 0.15) is 17.3 Å². The number of aliphatic hydroxyl groups is 1. The highest BCUT2D eigenvalue weighted by Crippen LogP contribution is 2.43. The monoisotopic (exact) mass is 429 g/mol. The molecule has 1 N–H and O–H groups in total. The van der Waals surface area contributed by atoms with Crippen LogP contribution in [0.3, 0.4) is 0 Å². The molecule has 1 atom stereocenters. The zero-order chi connectivity index (χ0) is 21.8. The predicted molar refractivity (Wildman–Crippen MR) is 115 cm³/mol. The number of carbonyl (C=O) groups is 2. The summed E-state index contributed by atoms with van der Waals surface area (Å²) in [5, 5.41) is 11.5. The predicted octanol–water partition coefficient (Wildman–Crippen LogP) is 4.58. The van der Waals surface area contributed by atoms with Crippen LogP contribution in [0.4, 0.5) is 0 Å². The number of hydrogen-bond donors (Lipinski definition) is 1. The van der Waals surface area contributed by atoms with Crippen molar-refractivity contribution in [3.05, 3.63) is 64.2 Å². The molecule has 1 aliphatic rings. The summed E-state index contributed by atoms with van der Waals surface area (Å²) in [4.78, 5) is 27.3. The molecule has 1 fully saturated rings. The van der Waals surface area contributed by atoms with Gasteiger partial charge in [-0.2, -0.15) is 0 Å². The standard InChI is InChI=1S/C23H24ClNO5/c1-4-5-12-25-20(17-11-10-16(29-2)13-18(17)30-3)19(22(27)23(25)28)21(26)14-6-8-15(24)9-7-14/h6-11,13,20,26H,4-5,12H2,1-3H3/t20-/m1/s1. The van der Waals surface area contributed by atoms with Gasteiger partial charge in [-0.25, -0.2) is 0 Å². The summed E-state index contributed by atoms with van der Waals surface area (Å²) >= 11 is 5.95. The molecule has 2 aromatic carbocycles. The molecule has 1 amide bonds. The summed E-state index contributed by atoms with van der Waals surface area (Å²) in [7, 11) is 3.05. The van der Waals surface area contributed by atoms with Crippen LogP contribution in [0.5, 0.6) is 11.5 Å². The second-order valence-electron chi connectivity index (χ2n) is 6.96. The molecule has 3 rings (SSSR count). The average molecular weight is 430 g/mol. The third kappa shape index (κ3) is 4.00. The zero-order valence-corrected chi connectivity index (χ0v) is 17.9. The number of amides is 1. The van der Waals surface area contributed by atoms with E-state index in [1.807, 2.05) is 6.92 Å². The van der Waals surface area contributed by atoms with Gasteiger partial charge >= 0.3 is 0 Å². The number of likely N-dealkylation sites (tertiary alicyclic amines) is 1. The average Bonchev–Trinajstić information content (AvgIpc) is 3.01. The van der Waals surface area contributed by atoms with E-state index in [1.54, 1.807) is 49.6 Å². The van der Waals surface area contributed by atoms with Gasteiger partial charge in [0.15, 0.2) is 0 Å². The number of aliphatic hydroxyl groups excluding tert-OH is 1. The van der Waals surface area contributed by atoms with Crippen LogP contribution in [0.2, 0.25) is 5.02 Å². The van der Waals surface area contributed by atoms with E-state index in [0.717, 1.165) is 12.8 Å². The molecule has 1 saturated heterocycles. The Kier molecular flexibility index (Phi) is 6.67. The fourth-order valence-corrected chi connectivity index (χ4v) is 3.70. The fourth-order valence-electron chi connectivity index (χ4n) is 3.57. The fraction of sp³-hybridized carbons (Fsp3) is 0.304. The maximum atomic E-state index is 13.0. The van der Waals surface area contributed by atoms with Crippen LogP contribution < -0.4 is 9.47 Å². The summed E-state index contributed by atoms with van der Waals surface area (Å²) in [6.45, 7) is 2.39. The van der Waals surface area contributed by atoms with Crippen molar-refractivity contribution < 1.29 is 24.2 Å². The van der Waals surface area contributed by atoms with E-state index < -0.39 is 17.7 Å². The number of rotatable bonds is 7. The summed E-state index contributed by atoms with van der Waals surface area (Å²) in [5.41, 5.74) is 1.04. The number of hydrogen-bond acceptors (Lipinski definition) is 5. The van der Waals surface area contributed by atoms with Crippen molar-refractivity contribution >= 4 is 29.1 Å². The van der Waals surface area contributed by atoms with Crippen molar-refractivity contribution in [3.63, 3.8) is 0 Å². The second kappa shape index (κ2) is 9.22. The van der Waals surface area contributed by atoms with E-state index in [1.165, 1.54) is 12.0 Å².